The van der Waals surface area contributed by atoms with Crippen molar-refractivity contribution in [2.24, 2.45) is 0 Å². The fourth-order valence-corrected chi connectivity index (χ4v) is 1.92. The summed E-state index contributed by atoms with van der Waals surface area (Å²) in [6.07, 6.45) is 3.69. The van der Waals surface area contributed by atoms with Crippen LogP contribution >= 0.6 is 0 Å². The minimum absolute atomic E-state index is 0.831. The van der Waals surface area contributed by atoms with Crippen LogP contribution < -0.4 is 10.1 Å². The number of hydrogen-bond acceptors (Lipinski definition) is 3. The molecule has 2 aromatic heterocycles. The van der Waals surface area contributed by atoms with Crippen LogP contribution in [0.25, 0.3) is 11.0 Å². The Bertz CT molecular complexity index is 675. The number of aromatic amines is 1. The van der Waals surface area contributed by atoms with Crippen molar-refractivity contribution in [3.63, 3.8) is 0 Å². The summed E-state index contributed by atoms with van der Waals surface area (Å²) in [5, 5.41) is 4.42. The van der Waals surface area contributed by atoms with Gasteiger partial charge in [0.25, 0.3) is 0 Å². The third-order valence-corrected chi connectivity index (χ3v) is 2.80. The molecule has 4 heteroatoms. The lowest BCUT2D eigenvalue weighted by molar-refractivity contribution is 0.415. The molecule has 0 saturated heterocycles. The monoisotopic (exact) mass is 239 g/mol. The van der Waals surface area contributed by atoms with Gasteiger partial charge in [-0.05, 0) is 24.3 Å². The topological polar surface area (TPSA) is 49.9 Å². The largest absolute Gasteiger partial charge is 0.497 e. The number of pyridine rings is 1. The number of aromatic nitrogens is 2. The van der Waals surface area contributed by atoms with Gasteiger partial charge in [-0.1, -0.05) is 6.07 Å². The number of fused-ring (bicyclic) bond motifs is 1. The Balaban J connectivity index is 1.96. The van der Waals surface area contributed by atoms with Crippen LogP contribution in [0.5, 0.6) is 5.75 Å². The number of methoxy groups -OCH3 is 1. The van der Waals surface area contributed by atoms with Crippen LogP contribution in [-0.4, -0.2) is 17.1 Å². The second kappa shape index (κ2) is 4.41. The van der Waals surface area contributed by atoms with Crippen LogP contribution in [0.2, 0.25) is 0 Å². The van der Waals surface area contributed by atoms with Crippen molar-refractivity contribution < 1.29 is 4.74 Å². The van der Waals surface area contributed by atoms with Crippen LogP contribution in [0.1, 0.15) is 0 Å². The molecule has 4 nitrogen and oxygen atoms in total. The first-order valence-corrected chi connectivity index (χ1v) is 5.70. The maximum Gasteiger partial charge on any atom is 0.139 e. The summed E-state index contributed by atoms with van der Waals surface area (Å²) in [5.41, 5.74) is 2.87. The van der Waals surface area contributed by atoms with Crippen molar-refractivity contribution in [1.29, 1.82) is 0 Å². The minimum atomic E-state index is 0.831. The van der Waals surface area contributed by atoms with E-state index < -0.39 is 0 Å². The lowest BCUT2D eigenvalue weighted by Gasteiger charge is -2.06. The molecule has 0 atom stereocenters. The molecule has 0 radical (unpaired) electrons. The van der Waals surface area contributed by atoms with E-state index in [0.717, 1.165) is 28.2 Å². The van der Waals surface area contributed by atoms with Gasteiger partial charge in [0.2, 0.25) is 0 Å². The first kappa shape index (κ1) is 10.7. The number of nitrogens with one attached hydrogen (secondary N) is 2. The molecule has 0 aliphatic rings. The molecule has 2 N–H and O–H groups in total. The predicted octanol–water partition coefficient (Wildman–Crippen LogP) is 3.32. The average molecular weight is 239 g/mol. The molecule has 0 amide bonds. The summed E-state index contributed by atoms with van der Waals surface area (Å²) in [6.45, 7) is 0. The highest BCUT2D eigenvalue weighted by Gasteiger charge is 2.04. The normalized spacial score (nSPS) is 10.5. The fraction of sp³-hybridized carbons (Fsp3) is 0.0714. The van der Waals surface area contributed by atoms with Gasteiger partial charge >= 0.3 is 0 Å². The number of H-pyrrole nitrogens is 1. The third kappa shape index (κ3) is 1.88. The number of rotatable bonds is 3. The molecular formula is C14H13N3O. The van der Waals surface area contributed by atoms with Crippen LogP contribution in [0, 0.1) is 0 Å². The van der Waals surface area contributed by atoms with E-state index in [1.165, 1.54) is 0 Å². The van der Waals surface area contributed by atoms with E-state index in [1.54, 1.807) is 13.3 Å². The van der Waals surface area contributed by atoms with Gasteiger partial charge in [0.15, 0.2) is 0 Å². The van der Waals surface area contributed by atoms with E-state index in [9.17, 15) is 0 Å². The minimum Gasteiger partial charge on any atom is -0.497 e. The Kier molecular flexibility index (Phi) is 2.61. The first-order valence-electron chi connectivity index (χ1n) is 5.70. The Morgan fingerprint density at radius 2 is 2.17 bits per heavy atom. The van der Waals surface area contributed by atoms with E-state index in [-0.39, 0.29) is 0 Å². The van der Waals surface area contributed by atoms with E-state index in [1.807, 2.05) is 42.6 Å². The van der Waals surface area contributed by atoms with Gasteiger partial charge in [0.1, 0.15) is 11.4 Å². The first-order chi connectivity index (χ1) is 8.86. The maximum atomic E-state index is 5.20. The zero-order valence-electron chi connectivity index (χ0n) is 9.97. The highest BCUT2D eigenvalue weighted by atomic mass is 16.5. The molecule has 1 aromatic carbocycles. The molecular weight excluding hydrogens is 226 g/mol. The molecule has 3 aromatic rings. The number of nitrogens with zero attached hydrogens (tertiary/aromatic N) is 1. The molecule has 2 heterocycles. The summed E-state index contributed by atoms with van der Waals surface area (Å²) in [7, 11) is 1.66. The van der Waals surface area contributed by atoms with E-state index >= 15 is 0 Å². The molecule has 18 heavy (non-hydrogen) atoms. The lowest BCUT2D eigenvalue weighted by atomic mass is 10.2. The molecule has 0 saturated carbocycles. The van der Waals surface area contributed by atoms with Gasteiger partial charge in [-0.25, -0.2) is 4.98 Å². The van der Waals surface area contributed by atoms with Crippen LogP contribution in [-0.2, 0) is 0 Å². The van der Waals surface area contributed by atoms with Gasteiger partial charge in [-0.15, -0.1) is 0 Å². The van der Waals surface area contributed by atoms with Crippen molar-refractivity contribution in [2.45, 2.75) is 0 Å². The van der Waals surface area contributed by atoms with Gasteiger partial charge in [-0.2, -0.15) is 0 Å². The fourth-order valence-electron chi connectivity index (χ4n) is 1.92. The predicted molar refractivity (Wildman–Crippen MR) is 72.4 cm³/mol. The van der Waals surface area contributed by atoms with Crippen molar-refractivity contribution in [2.75, 3.05) is 12.4 Å². The average Bonchev–Trinajstić information content (AvgIpc) is 2.83. The van der Waals surface area contributed by atoms with Gasteiger partial charge in [-0.3, -0.25) is 0 Å². The molecule has 0 aliphatic heterocycles. The van der Waals surface area contributed by atoms with E-state index in [4.69, 9.17) is 4.74 Å². The number of anilines is 2. The summed E-state index contributed by atoms with van der Waals surface area (Å²) in [4.78, 5) is 7.39. The molecule has 0 unspecified atom stereocenters. The zero-order valence-corrected chi connectivity index (χ0v) is 9.97. The highest BCUT2D eigenvalue weighted by molar-refractivity contribution is 5.91. The Labute approximate surface area is 105 Å². The summed E-state index contributed by atoms with van der Waals surface area (Å²) < 4.78 is 5.20. The lowest BCUT2D eigenvalue weighted by Crippen LogP contribution is -1.90. The summed E-state index contributed by atoms with van der Waals surface area (Å²) in [6, 6.07) is 11.8. The smallest absolute Gasteiger partial charge is 0.139 e. The van der Waals surface area contributed by atoms with Crippen molar-refractivity contribution in [3.8, 4) is 5.75 Å². The van der Waals surface area contributed by atoms with Gasteiger partial charge < -0.3 is 15.0 Å². The maximum absolute atomic E-state index is 5.20. The second-order valence-corrected chi connectivity index (χ2v) is 3.96. The standard InChI is InChI=1S/C14H13N3O/c1-18-11-5-2-4-10(8-11)17-13-9-16-14-12(13)6-3-7-15-14/h2-9,17H,1H3,(H,15,16). The van der Waals surface area contributed by atoms with Gasteiger partial charge in [0.05, 0.1) is 12.8 Å². The Morgan fingerprint density at radius 1 is 1.22 bits per heavy atom. The van der Waals surface area contributed by atoms with Gasteiger partial charge in [0, 0.05) is 29.5 Å². The number of benzene rings is 1. The quantitative estimate of drug-likeness (QED) is 0.737. The molecule has 0 fully saturated rings. The van der Waals surface area contributed by atoms with E-state index in [2.05, 4.69) is 15.3 Å². The van der Waals surface area contributed by atoms with Crippen molar-refractivity contribution in [1.82, 2.24) is 9.97 Å². The zero-order chi connectivity index (χ0) is 12.4. The van der Waals surface area contributed by atoms with Crippen molar-refractivity contribution >= 4 is 22.4 Å². The second-order valence-electron chi connectivity index (χ2n) is 3.96. The molecule has 90 valence electrons. The highest BCUT2D eigenvalue weighted by Crippen LogP contribution is 2.26. The molecule has 3 rings (SSSR count). The SMILES string of the molecule is COc1cccc(Nc2c[nH]c3ncccc23)c1. The number of hydrogen-bond donors (Lipinski definition) is 2. The van der Waals surface area contributed by atoms with Crippen molar-refractivity contribution in [3.05, 3.63) is 48.8 Å². The molecule has 0 aliphatic carbocycles. The van der Waals surface area contributed by atoms with Crippen LogP contribution in [0.3, 0.4) is 0 Å². The van der Waals surface area contributed by atoms with Crippen LogP contribution in [0.15, 0.2) is 48.8 Å². The summed E-state index contributed by atoms with van der Waals surface area (Å²) in [5.74, 6) is 0.831. The third-order valence-electron chi connectivity index (χ3n) is 2.80. The Hall–Kier alpha value is -2.49. The van der Waals surface area contributed by atoms with E-state index in [0.29, 0.717) is 0 Å². The summed E-state index contributed by atoms with van der Waals surface area (Å²) >= 11 is 0. The molecule has 0 spiro atoms. The Morgan fingerprint density at radius 3 is 3.06 bits per heavy atom. The van der Waals surface area contributed by atoms with Crippen LogP contribution in [0.4, 0.5) is 11.4 Å². The number of ether oxygens (including phenoxy) is 1. The molecule has 0 bridgehead atoms.